The minimum absolute atomic E-state index is 0.0113. The Hall–Kier alpha value is -2.83. The summed E-state index contributed by atoms with van der Waals surface area (Å²) in [4.78, 5) is 31.5. The number of Topliss-reactive ketones (excluding diaryl/α,β-unsaturated/α-hetero) is 2. The molecule has 0 unspecified atom stereocenters. The van der Waals surface area contributed by atoms with Crippen LogP contribution in [0, 0.1) is 12.8 Å². The van der Waals surface area contributed by atoms with Gasteiger partial charge in [-0.25, -0.2) is 9.67 Å². The van der Waals surface area contributed by atoms with E-state index in [0.29, 0.717) is 17.1 Å². The second kappa shape index (κ2) is 6.35. The van der Waals surface area contributed by atoms with Gasteiger partial charge in [-0.05, 0) is 31.9 Å². The molecule has 0 aliphatic heterocycles. The van der Waals surface area contributed by atoms with E-state index in [2.05, 4.69) is 15.3 Å². The summed E-state index contributed by atoms with van der Waals surface area (Å²) >= 11 is 0. The van der Waals surface area contributed by atoms with Crippen LogP contribution < -0.4 is 0 Å². The highest BCUT2D eigenvalue weighted by Gasteiger charge is 2.35. The summed E-state index contributed by atoms with van der Waals surface area (Å²) in [7, 11) is 3.60. The van der Waals surface area contributed by atoms with E-state index >= 15 is 0 Å². The van der Waals surface area contributed by atoms with E-state index in [1.807, 2.05) is 0 Å². The van der Waals surface area contributed by atoms with Crippen molar-refractivity contribution < 1.29 is 9.59 Å². The van der Waals surface area contributed by atoms with E-state index < -0.39 is 0 Å². The monoisotopic (exact) mass is 325 g/mol. The van der Waals surface area contributed by atoms with Crippen molar-refractivity contribution in [2.75, 3.05) is 14.1 Å². The largest absolute Gasteiger partial charge is 0.383 e. The number of rotatable bonds is 6. The molecule has 124 valence electrons. The molecule has 1 aliphatic carbocycles. The van der Waals surface area contributed by atoms with Crippen LogP contribution in [-0.4, -0.2) is 50.5 Å². The van der Waals surface area contributed by atoms with Crippen LogP contribution in [-0.2, 0) is 4.79 Å². The lowest BCUT2D eigenvalue weighted by atomic mass is 9.97. The van der Waals surface area contributed by atoms with Crippen molar-refractivity contribution in [2.45, 2.75) is 19.8 Å². The molecule has 7 nitrogen and oxygen atoms in total. The van der Waals surface area contributed by atoms with Gasteiger partial charge in [0.1, 0.15) is 0 Å². The summed E-state index contributed by atoms with van der Waals surface area (Å²) in [5, 5.41) is 7.63. The van der Waals surface area contributed by atoms with Crippen LogP contribution in [0.4, 0.5) is 0 Å². The smallest absolute Gasteiger partial charge is 0.199 e. The van der Waals surface area contributed by atoms with Gasteiger partial charge in [0.15, 0.2) is 17.4 Å². The van der Waals surface area contributed by atoms with E-state index in [0.717, 1.165) is 12.8 Å². The zero-order chi connectivity index (χ0) is 17.3. The molecule has 1 aliphatic rings. The zero-order valence-corrected chi connectivity index (χ0v) is 13.9. The maximum Gasteiger partial charge on any atom is 0.199 e. The van der Waals surface area contributed by atoms with Gasteiger partial charge in [-0.1, -0.05) is 5.21 Å². The molecular weight excluding hydrogens is 306 g/mol. The second-order valence-corrected chi connectivity index (χ2v) is 6.12. The molecular formula is C17H19N5O2. The summed E-state index contributed by atoms with van der Waals surface area (Å²) < 4.78 is 1.52. The predicted octanol–water partition coefficient (Wildman–Crippen LogP) is 1.58. The van der Waals surface area contributed by atoms with Crippen molar-refractivity contribution in [3.05, 3.63) is 47.6 Å². The zero-order valence-electron chi connectivity index (χ0n) is 13.9. The highest BCUT2D eigenvalue weighted by molar-refractivity contribution is 6.27. The fourth-order valence-corrected chi connectivity index (χ4v) is 2.45. The Morgan fingerprint density at radius 2 is 2.04 bits per heavy atom. The molecule has 24 heavy (non-hydrogen) atoms. The standard InChI is InChI=1S/C17H19N5O2/c1-11-13(6-7-15(19-11)22-9-8-18-20-22)17(24)14(10-21(2)3)16(23)12-4-5-12/h6-10,12H,4-5H2,1-3H3/b14-10-. The lowest BCUT2D eigenvalue weighted by Gasteiger charge is -2.12. The van der Waals surface area contributed by atoms with Crippen LogP contribution in [0.1, 0.15) is 28.9 Å². The average molecular weight is 325 g/mol. The van der Waals surface area contributed by atoms with Crippen molar-refractivity contribution in [3.8, 4) is 5.82 Å². The van der Waals surface area contributed by atoms with E-state index in [9.17, 15) is 9.59 Å². The van der Waals surface area contributed by atoms with Gasteiger partial charge in [-0.3, -0.25) is 9.59 Å². The normalized spacial score (nSPS) is 14.5. The third-order valence-corrected chi connectivity index (χ3v) is 3.82. The molecule has 7 heteroatoms. The molecule has 0 amide bonds. The lowest BCUT2D eigenvalue weighted by molar-refractivity contribution is -0.116. The van der Waals surface area contributed by atoms with Crippen molar-refractivity contribution in [1.82, 2.24) is 24.9 Å². The fraction of sp³-hybridized carbons (Fsp3) is 0.353. The van der Waals surface area contributed by atoms with Crippen LogP contribution in [0.3, 0.4) is 0 Å². The minimum atomic E-state index is -0.282. The Bertz CT molecular complexity index is 804. The maximum absolute atomic E-state index is 12.9. The number of carbonyl (C=O) groups excluding carboxylic acids is 2. The highest BCUT2D eigenvalue weighted by atomic mass is 16.1. The van der Waals surface area contributed by atoms with E-state index in [1.165, 1.54) is 4.68 Å². The molecule has 1 fully saturated rings. The van der Waals surface area contributed by atoms with Gasteiger partial charge in [-0.15, -0.1) is 5.10 Å². The van der Waals surface area contributed by atoms with E-state index in [-0.39, 0.29) is 23.1 Å². The number of ketones is 2. The molecule has 0 bridgehead atoms. The first kappa shape index (κ1) is 16.0. The first-order chi connectivity index (χ1) is 11.5. The van der Waals surface area contributed by atoms with Gasteiger partial charge in [0, 0.05) is 31.8 Å². The fourth-order valence-electron chi connectivity index (χ4n) is 2.45. The topological polar surface area (TPSA) is 81.0 Å². The third-order valence-electron chi connectivity index (χ3n) is 3.82. The summed E-state index contributed by atoms with van der Waals surface area (Å²) in [6.07, 6.45) is 6.56. The Balaban J connectivity index is 1.94. The Morgan fingerprint density at radius 3 is 2.58 bits per heavy atom. The number of nitrogens with zero attached hydrogens (tertiary/aromatic N) is 5. The molecule has 0 spiro atoms. The summed E-state index contributed by atoms with van der Waals surface area (Å²) in [5.41, 5.74) is 1.21. The summed E-state index contributed by atoms with van der Waals surface area (Å²) in [6, 6.07) is 3.38. The molecule has 2 aromatic rings. The van der Waals surface area contributed by atoms with Gasteiger partial charge >= 0.3 is 0 Å². The van der Waals surface area contributed by atoms with Crippen LogP contribution >= 0.6 is 0 Å². The van der Waals surface area contributed by atoms with Gasteiger partial charge in [-0.2, -0.15) is 0 Å². The third kappa shape index (κ3) is 3.24. The average Bonchev–Trinajstić information content (AvgIpc) is 3.25. The highest BCUT2D eigenvalue weighted by Crippen LogP contribution is 2.33. The van der Waals surface area contributed by atoms with E-state index in [1.54, 1.807) is 56.6 Å². The molecule has 0 N–H and O–H groups in total. The summed E-state index contributed by atoms with van der Waals surface area (Å²) in [5.74, 6) is 0.209. The molecule has 0 radical (unpaired) electrons. The van der Waals surface area contributed by atoms with Crippen molar-refractivity contribution in [2.24, 2.45) is 5.92 Å². The minimum Gasteiger partial charge on any atom is -0.383 e. The molecule has 2 aromatic heterocycles. The van der Waals surface area contributed by atoms with Crippen LogP contribution in [0.5, 0.6) is 0 Å². The summed E-state index contributed by atoms with van der Waals surface area (Å²) in [6.45, 7) is 1.75. The Kier molecular flexibility index (Phi) is 4.24. The second-order valence-electron chi connectivity index (χ2n) is 6.12. The number of hydrogen-bond donors (Lipinski definition) is 0. The lowest BCUT2D eigenvalue weighted by Crippen LogP contribution is -2.19. The van der Waals surface area contributed by atoms with Gasteiger partial charge < -0.3 is 4.90 Å². The number of allylic oxidation sites excluding steroid dienone is 1. The molecule has 3 rings (SSSR count). The number of pyridine rings is 1. The van der Waals surface area contributed by atoms with Gasteiger partial charge in [0.2, 0.25) is 0 Å². The SMILES string of the molecule is Cc1nc(-n2ccnn2)ccc1C(=O)/C(=C\N(C)C)C(=O)C1CC1. The van der Waals surface area contributed by atoms with Crippen LogP contribution in [0.15, 0.2) is 36.3 Å². The van der Waals surface area contributed by atoms with Crippen molar-refractivity contribution >= 4 is 11.6 Å². The van der Waals surface area contributed by atoms with Gasteiger partial charge in [0.25, 0.3) is 0 Å². The molecule has 0 saturated heterocycles. The van der Waals surface area contributed by atoms with Crippen LogP contribution in [0.2, 0.25) is 0 Å². The van der Waals surface area contributed by atoms with E-state index in [4.69, 9.17) is 0 Å². The molecule has 1 saturated carbocycles. The first-order valence-corrected chi connectivity index (χ1v) is 7.79. The maximum atomic E-state index is 12.9. The quantitative estimate of drug-likeness (QED) is 0.347. The first-order valence-electron chi connectivity index (χ1n) is 7.79. The van der Waals surface area contributed by atoms with Gasteiger partial charge in [0.05, 0.1) is 23.7 Å². The number of aromatic nitrogens is 4. The Morgan fingerprint density at radius 1 is 1.29 bits per heavy atom. The predicted molar refractivity (Wildman–Crippen MR) is 87.7 cm³/mol. The van der Waals surface area contributed by atoms with Crippen molar-refractivity contribution in [1.29, 1.82) is 0 Å². The van der Waals surface area contributed by atoms with Crippen molar-refractivity contribution in [3.63, 3.8) is 0 Å². The number of hydrogen-bond acceptors (Lipinski definition) is 6. The molecule has 2 heterocycles. The molecule has 0 atom stereocenters. The van der Waals surface area contributed by atoms with Crippen LogP contribution in [0.25, 0.3) is 5.82 Å². The number of carbonyl (C=O) groups is 2. The molecule has 0 aromatic carbocycles. The Labute approximate surface area is 140 Å². The number of aryl methyl sites for hydroxylation is 1.